The van der Waals surface area contributed by atoms with Gasteiger partial charge in [-0.1, -0.05) is 30.3 Å². The summed E-state index contributed by atoms with van der Waals surface area (Å²) in [5, 5.41) is 10.2. The van der Waals surface area contributed by atoms with E-state index in [4.69, 9.17) is 0 Å². The Labute approximate surface area is 143 Å². The van der Waals surface area contributed by atoms with Crippen LogP contribution in [0.25, 0.3) is 21.6 Å². The molecule has 6 heteroatoms. The van der Waals surface area contributed by atoms with Crippen LogP contribution in [0.5, 0.6) is 0 Å². The highest BCUT2D eigenvalue weighted by molar-refractivity contribution is 7.18. The fourth-order valence-corrected chi connectivity index (χ4v) is 3.71. The van der Waals surface area contributed by atoms with Crippen molar-refractivity contribution < 1.29 is 9.90 Å². The van der Waals surface area contributed by atoms with Crippen molar-refractivity contribution in [1.29, 1.82) is 0 Å². The van der Waals surface area contributed by atoms with Crippen molar-refractivity contribution in [3.8, 4) is 11.4 Å². The molecule has 1 N–H and O–H groups in total. The lowest BCUT2D eigenvalue weighted by atomic mass is 10.0. The number of fused-ring (bicyclic) bond motifs is 1. The summed E-state index contributed by atoms with van der Waals surface area (Å²) in [6.07, 6.45) is 0. The molecule has 0 bridgehead atoms. The summed E-state index contributed by atoms with van der Waals surface area (Å²) in [5.41, 5.74) is -0.143. The van der Waals surface area contributed by atoms with E-state index in [-0.39, 0.29) is 5.56 Å². The van der Waals surface area contributed by atoms with Gasteiger partial charge in [-0.25, -0.2) is 9.78 Å². The average Bonchev–Trinajstić information content (AvgIpc) is 2.82. The van der Waals surface area contributed by atoms with Crippen LogP contribution in [0.2, 0.25) is 0 Å². The highest BCUT2D eigenvalue weighted by atomic mass is 32.1. The molecule has 0 radical (unpaired) electrons. The first-order valence-corrected chi connectivity index (χ1v) is 8.39. The molecule has 3 aromatic rings. The standard InChI is InChI=1S/C18H18N2O3S/c1-10-11(2)24-15-13(10)16(21)20(18(3,4)17(22)23)14(19-15)12-8-6-5-7-9-12/h5-9H,1-4H3,(H,22,23). The van der Waals surface area contributed by atoms with Crippen LogP contribution in [0.1, 0.15) is 24.3 Å². The summed E-state index contributed by atoms with van der Waals surface area (Å²) in [4.78, 5) is 31.3. The number of carboxylic acid groups (broad SMARTS) is 1. The number of nitrogens with zero attached hydrogens (tertiary/aromatic N) is 2. The van der Waals surface area contributed by atoms with Gasteiger partial charge in [0.05, 0.1) is 5.39 Å². The molecule has 24 heavy (non-hydrogen) atoms. The third kappa shape index (κ3) is 2.34. The Kier molecular flexibility index (Phi) is 3.80. The van der Waals surface area contributed by atoms with E-state index < -0.39 is 11.5 Å². The monoisotopic (exact) mass is 342 g/mol. The van der Waals surface area contributed by atoms with Crippen LogP contribution in [0.3, 0.4) is 0 Å². The molecule has 0 aliphatic rings. The third-order valence-electron chi connectivity index (χ3n) is 4.32. The van der Waals surface area contributed by atoms with E-state index in [2.05, 4.69) is 4.98 Å². The molecule has 124 valence electrons. The maximum atomic E-state index is 13.2. The Morgan fingerprint density at radius 3 is 2.42 bits per heavy atom. The van der Waals surface area contributed by atoms with Crippen LogP contribution in [-0.2, 0) is 10.3 Å². The van der Waals surface area contributed by atoms with Gasteiger partial charge in [-0.2, -0.15) is 0 Å². The molecule has 0 aliphatic carbocycles. The Hall–Kier alpha value is -2.47. The number of aliphatic carboxylic acids is 1. The van der Waals surface area contributed by atoms with Crippen LogP contribution >= 0.6 is 11.3 Å². The van der Waals surface area contributed by atoms with Crippen molar-refractivity contribution in [3.05, 3.63) is 51.1 Å². The molecule has 0 fully saturated rings. The molecular weight excluding hydrogens is 324 g/mol. The van der Waals surface area contributed by atoms with Crippen molar-refractivity contribution in [2.24, 2.45) is 0 Å². The number of hydrogen-bond acceptors (Lipinski definition) is 4. The minimum absolute atomic E-state index is 0.312. The van der Waals surface area contributed by atoms with E-state index in [0.29, 0.717) is 16.0 Å². The van der Waals surface area contributed by atoms with Crippen LogP contribution in [-0.4, -0.2) is 20.6 Å². The normalized spacial score (nSPS) is 11.8. The van der Waals surface area contributed by atoms with E-state index in [9.17, 15) is 14.7 Å². The molecule has 0 saturated carbocycles. The van der Waals surface area contributed by atoms with Crippen LogP contribution in [0, 0.1) is 13.8 Å². The summed E-state index contributed by atoms with van der Waals surface area (Å²) < 4.78 is 1.30. The number of aromatic nitrogens is 2. The second-order valence-corrected chi connectivity index (χ2v) is 7.47. The molecule has 0 spiro atoms. The number of aryl methyl sites for hydroxylation is 2. The minimum Gasteiger partial charge on any atom is -0.480 e. The van der Waals surface area contributed by atoms with Crippen LogP contribution in [0.15, 0.2) is 35.1 Å². The molecule has 0 atom stereocenters. The SMILES string of the molecule is Cc1sc2nc(-c3ccccc3)n(C(C)(C)C(=O)O)c(=O)c2c1C. The highest BCUT2D eigenvalue weighted by Gasteiger charge is 2.34. The largest absolute Gasteiger partial charge is 0.480 e. The third-order valence-corrected chi connectivity index (χ3v) is 5.42. The van der Waals surface area contributed by atoms with Gasteiger partial charge < -0.3 is 5.11 Å². The van der Waals surface area contributed by atoms with E-state index in [0.717, 1.165) is 16.0 Å². The predicted octanol–water partition coefficient (Wildman–Crippen LogP) is 3.56. The topological polar surface area (TPSA) is 72.2 Å². The van der Waals surface area contributed by atoms with Gasteiger partial charge >= 0.3 is 5.97 Å². The fraction of sp³-hybridized carbons (Fsp3) is 0.278. The summed E-state index contributed by atoms with van der Waals surface area (Å²) >= 11 is 1.46. The first kappa shape index (κ1) is 16.4. The lowest BCUT2D eigenvalue weighted by Crippen LogP contribution is -2.44. The molecule has 3 rings (SSSR count). The van der Waals surface area contributed by atoms with Crippen LogP contribution < -0.4 is 5.56 Å². The number of benzene rings is 1. The summed E-state index contributed by atoms with van der Waals surface area (Å²) in [7, 11) is 0. The summed E-state index contributed by atoms with van der Waals surface area (Å²) in [5.74, 6) is -0.700. The molecule has 0 amide bonds. The molecule has 0 unspecified atom stereocenters. The Bertz CT molecular complexity index is 1000. The van der Waals surface area contributed by atoms with Crippen molar-refractivity contribution >= 4 is 27.5 Å². The number of thiophene rings is 1. The summed E-state index contributed by atoms with van der Waals surface area (Å²) in [6.45, 7) is 6.85. The number of rotatable bonds is 3. The fourth-order valence-electron chi connectivity index (χ4n) is 2.69. The van der Waals surface area contributed by atoms with E-state index in [1.54, 1.807) is 0 Å². The second kappa shape index (κ2) is 5.56. The highest BCUT2D eigenvalue weighted by Crippen LogP contribution is 2.31. The first-order valence-electron chi connectivity index (χ1n) is 7.57. The summed E-state index contributed by atoms with van der Waals surface area (Å²) in [6, 6.07) is 9.21. The predicted molar refractivity (Wildman–Crippen MR) is 95.7 cm³/mol. The quantitative estimate of drug-likeness (QED) is 0.790. The zero-order valence-electron chi connectivity index (χ0n) is 14.0. The van der Waals surface area contributed by atoms with Crippen molar-refractivity contribution in [2.75, 3.05) is 0 Å². The molecule has 0 aliphatic heterocycles. The number of hydrogen-bond donors (Lipinski definition) is 1. The van der Waals surface area contributed by atoms with Gasteiger partial charge in [-0.3, -0.25) is 9.36 Å². The van der Waals surface area contributed by atoms with Crippen molar-refractivity contribution in [1.82, 2.24) is 9.55 Å². The molecule has 0 saturated heterocycles. The maximum Gasteiger partial charge on any atom is 0.329 e. The Morgan fingerprint density at radius 1 is 1.21 bits per heavy atom. The van der Waals surface area contributed by atoms with Gasteiger partial charge in [0, 0.05) is 10.4 Å². The van der Waals surface area contributed by atoms with Gasteiger partial charge in [0.25, 0.3) is 5.56 Å². The Morgan fingerprint density at radius 2 is 1.83 bits per heavy atom. The smallest absolute Gasteiger partial charge is 0.329 e. The van der Waals surface area contributed by atoms with E-state index >= 15 is 0 Å². The number of carboxylic acids is 1. The zero-order valence-corrected chi connectivity index (χ0v) is 14.8. The van der Waals surface area contributed by atoms with Gasteiger partial charge in [0.1, 0.15) is 16.2 Å². The van der Waals surface area contributed by atoms with Crippen molar-refractivity contribution in [3.63, 3.8) is 0 Å². The van der Waals surface area contributed by atoms with Crippen molar-refractivity contribution in [2.45, 2.75) is 33.2 Å². The lowest BCUT2D eigenvalue weighted by molar-refractivity contribution is -0.145. The molecular formula is C18H18N2O3S. The Balaban J connectivity index is 2.51. The lowest BCUT2D eigenvalue weighted by Gasteiger charge is -2.25. The molecule has 2 heterocycles. The molecule has 2 aromatic heterocycles. The second-order valence-electron chi connectivity index (χ2n) is 6.27. The minimum atomic E-state index is -1.41. The van der Waals surface area contributed by atoms with Gasteiger partial charge in [-0.05, 0) is 33.3 Å². The van der Waals surface area contributed by atoms with E-state index in [1.165, 1.54) is 29.8 Å². The maximum absolute atomic E-state index is 13.2. The van der Waals surface area contributed by atoms with E-state index in [1.807, 2.05) is 44.2 Å². The van der Waals surface area contributed by atoms with Gasteiger partial charge in [-0.15, -0.1) is 11.3 Å². The molecule has 5 nitrogen and oxygen atoms in total. The number of carbonyl (C=O) groups is 1. The zero-order chi connectivity index (χ0) is 17.6. The average molecular weight is 342 g/mol. The van der Waals surface area contributed by atoms with Crippen LogP contribution in [0.4, 0.5) is 0 Å². The van der Waals surface area contributed by atoms with Gasteiger partial charge in [0.2, 0.25) is 0 Å². The molecule has 1 aromatic carbocycles. The first-order chi connectivity index (χ1) is 11.2. The van der Waals surface area contributed by atoms with Gasteiger partial charge in [0.15, 0.2) is 0 Å².